The molecule has 0 radical (unpaired) electrons. The van der Waals surface area contributed by atoms with Crippen LogP contribution in [0.25, 0.3) is 0 Å². The van der Waals surface area contributed by atoms with Crippen LogP contribution in [0.1, 0.15) is 20.3 Å². The number of ether oxygens (including phenoxy) is 2. The van der Waals surface area contributed by atoms with Crippen LogP contribution in [0.15, 0.2) is 0 Å². The predicted molar refractivity (Wildman–Crippen MR) is 37.9 cm³/mol. The molecule has 0 bridgehead atoms. The highest BCUT2D eigenvalue weighted by atomic mass is 16.6. The molecule has 0 amide bonds. The largest absolute Gasteiger partial charge is 0.375 e. The molecule has 2 rings (SSSR count). The maximum absolute atomic E-state index is 5.42. The molecule has 0 spiro atoms. The van der Waals surface area contributed by atoms with Gasteiger partial charge in [0.15, 0.2) is 0 Å². The average Bonchev–Trinajstić information content (AvgIpc) is 1.76. The van der Waals surface area contributed by atoms with Crippen molar-refractivity contribution in [3.63, 3.8) is 0 Å². The van der Waals surface area contributed by atoms with Crippen LogP contribution in [-0.4, -0.2) is 25.4 Å². The monoisotopic (exact) mass is 142 g/mol. The van der Waals surface area contributed by atoms with Crippen LogP contribution < -0.4 is 0 Å². The molecule has 2 heteroatoms. The Hall–Kier alpha value is -0.0800. The highest BCUT2D eigenvalue weighted by Gasteiger charge is 2.47. The van der Waals surface area contributed by atoms with Crippen molar-refractivity contribution >= 4 is 0 Å². The topological polar surface area (TPSA) is 18.5 Å². The van der Waals surface area contributed by atoms with Crippen LogP contribution in [0, 0.1) is 5.41 Å². The fraction of sp³-hybridized carbons (Fsp3) is 1.00. The minimum atomic E-state index is 0.366. The zero-order chi connectivity index (χ0) is 7.19. The average molecular weight is 142 g/mol. The van der Waals surface area contributed by atoms with Gasteiger partial charge in [0.25, 0.3) is 0 Å². The molecule has 0 aromatic heterocycles. The molecule has 2 fully saturated rings. The highest BCUT2D eigenvalue weighted by molar-refractivity contribution is 4.94. The second kappa shape index (κ2) is 1.95. The summed E-state index contributed by atoms with van der Waals surface area (Å²) < 4.78 is 10.8. The maximum atomic E-state index is 5.42. The molecule has 2 saturated heterocycles. The Kier molecular flexibility index (Phi) is 1.29. The molecular weight excluding hydrogens is 128 g/mol. The van der Waals surface area contributed by atoms with Crippen molar-refractivity contribution < 1.29 is 9.47 Å². The van der Waals surface area contributed by atoms with Crippen LogP contribution >= 0.6 is 0 Å². The Balaban J connectivity index is 1.93. The second-order valence-corrected chi connectivity index (χ2v) is 3.92. The van der Waals surface area contributed by atoms with Gasteiger partial charge in [0.05, 0.1) is 18.8 Å². The Labute approximate surface area is 61.5 Å². The Bertz CT molecular complexity index is 138. The highest BCUT2D eigenvalue weighted by Crippen LogP contribution is 2.39. The van der Waals surface area contributed by atoms with Crippen molar-refractivity contribution in [1.29, 1.82) is 0 Å². The van der Waals surface area contributed by atoms with E-state index in [4.69, 9.17) is 9.47 Å². The fourth-order valence-corrected chi connectivity index (χ4v) is 1.62. The summed E-state index contributed by atoms with van der Waals surface area (Å²) in [6.45, 7) is 6.31. The molecule has 2 nitrogen and oxygen atoms in total. The first kappa shape index (κ1) is 6.62. The lowest BCUT2D eigenvalue weighted by Crippen LogP contribution is -2.57. The van der Waals surface area contributed by atoms with Crippen molar-refractivity contribution in [3.8, 4) is 0 Å². The van der Waals surface area contributed by atoms with Gasteiger partial charge in [-0.05, 0) is 6.42 Å². The fourth-order valence-electron chi connectivity index (χ4n) is 1.62. The molecule has 0 aliphatic carbocycles. The molecule has 0 aromatic rings. The van der Waals surface area contributed by atoms with Crippen molar-refractivity contribution in [3.05, 3.63) is 0 Å². The smallest absolute Gasteiger partial charge is 0.0910 e. The summed E-state index contributed by atoms with van der Waals surface area (Å²) in [6.07, 6.45) is 1.97. The summed E-state index contributed by atoms with van der Waals surface area (Å²) in [4.78, 5) is 0. The van der Waals surface area contributed by atoms with Crippen LogP contribution in [-0.2, 0) is 9.47 Å². The van der Waals surface area contributed by atoms with Gasteiger partial charge in [-0.15, -0.1) is 0 Å². The molecular formula is C8H14O2. The summed E-state index contributed by atoms with van der Waals surface area (Å²) in [7, 11) is 0. The molecule has 2 aliphatic heterocycles. The van der Waals surface area contributed by atoms with Crippen molar-refractivity contribution in [2.24, 2.45) is 5.41 Å². The van der Waals surface area contributed by atoms with E-state index in [9.17, 15) is 0 Å². The van der Waals surface area contributed by atoms with E-state index in [2.05, 4.69) is 13.8 Å². The van der Waals surface area contributed by atoms with Gasteiger partial charge in [0.2, 0.25) is 0 Å². The van der Waals surface area contributed by atoms with Crippen LogP contribution in [0.4, 0.5) is 0 Å². The molecule has 2 aliphatic rings. The number of hydrogen-bond acceptors (Lipinski definition) is 2. The quantitative estimate of drug-likeness (QED) is 0.547. The first-order valence-corrected chi connectivity index (χ1v) is 3.93. The molecule has 10 heavy (non-hydrogen) atoms. The van der Waals surface area contributed by atoms with E-state index in [0.29, 0.717) is 17.6 Å². The minimum absolute atomic E-state index is 0.366. The van der Waals surface area contributed by atoms with Gasteiger partial charge < -0.3 is 9.47 Å². The summed E-state index contributed by atoms with van der Waals surface area (Å²) >= 11 is 0. The molecule has 2 unspecified atom stereocenters. The third-order valence-electron chi connectivity index (χ3n) is 2.48. The molecule has 0 aromatic carbocycles. The molecule has 0 saturated carbocycles. The van der Waals surface area contributed by atoms with E-state index in [1.165, 1.54) is 6.42 Å². The van der Waals surface area contributed by atoms with Gasteiger partial charge in [0, 0.05) is 12.0 Å². The first-order valence-electron chi connectivity index (χ1n) is 3.93. The van der Waals surface area contributed by atoms with Crippen molar-refractivity contribution in [2.45, 2.75) is 32.5 Å². The second-order valence-electron chi connectivity index (χ2n) is 3.92. The summed E-state index contributed by atoms with van der Waals surface area (Å²) in [6, 6.07) is 0. The number of hydrogen-bond donors (Lipinski definition) is 0. The van der Waals surface area contributed by atoms with Gasteiger partial charge in [-0.2, -0.15) is 0 Å². The van der Waals surface area contributed by atoms with E-state index >= 15 is 0 Å². The summed E-state index contributed by atoms with van der Waals surface area (Å²) in [5.74, 6) is 0. The zero-order valence-electron chi connectivity index (χ0n) is 6.59. The van der Waals surface area contributed by atoms with Gasteiger partial charge in [-0.25, -0.2) is 0 Å². The van der Waals surface area contributed by atoms with Crippen LogP contribution in [0.5, 0.6) is 0 Å². The molecule has 2 atom stereocenters. The standard InChI is InChI=1S/C8H14O2/c1-8(2)5-10-7(8)6-3-4-9-6/h6-7H,3-5H2,1-2H3. The third-order valence-corrected chi connectivity index (χ3v) is 2.48. The van der Waals surface area contributed by atoms with Crippen molar-refractivity contribution in [1.82, 2.24) is 0 Å². The van der Waals surface area contributed by atoms with Gasteiger partial charge in [-0.1, -0.05) is 13.8 Å². The maximum Gasteiger partial charge on any atom is 0.0910 e. The van der Waals surface area contributed by atoms with E-state index < -0.39 is 0 Å². The SMILES string of the molecule is CC1(C)COC1C1CCO1. The lowest BCUT2D eigenvalue weighted by atomic mass is 9.78. The zero-order valence-corrected chi connectivity index (χ0v) is 6.59. The van der Waals surface area contributed by atoms with Gasteiger partial charge >= 0.3 is 0 Å². The summed E-state index contributed by atoms with van der Waals surface area (Å²) in [5, 5.41) is 0. The minimum Gasteiger partial charge on any atom is -0.375 e. The van der Waals surface area contributed by atoms with E-state index in [1.807, 2.05) is 0 Å². The van der Waals surface area contributed by atoms with Crippen molar-refractivity contribution in [2.75, 3.05) is 13.2 Å². The van der Waals surface area contributed by atoms with E-state index in [-0.39, 0.29) is 0 Å². The van der Waals surface area contributed by atoms with Crippen LogP contribution in [0.2, 0.25) is 0 Å². The Morgan fingerprint density at radius 2 is 2.00 bits per heavy atom. The van der Waals surface area contributed by atoms with Crippen LogP contribution in [0.3, 0.4) is 0 Å². The summed E-state index contributed by atoms with van der Waals surface area (Å²) in [5.41, 5.74) is 0.366. The molecule has 2 heterocycles. The molecule has 58 valence electrons. The number of rotatable bonds is 1. The lowest BCUT2D eigenvalue weighted by Gasteiger charge is -2.50. The lowest BCUT2D eigenvalue weighted by molar-refractivity contribution is -0.251. The van der Waals surface area contributed by atoms with Gasteiger partial charge in [-0.3, -0.25) is 0 Å². The normalized spacial score (nSPS) is 43.8. The predicted octanol–water partition coefficient (Wildman–Crippen LogP) is 1.20. The third kappa shape index (κ3) is 0.789. The molecule has 0 N–H and O–H groups in total. The van der Waals surface area contributed by atoms with E-state index in [1.54, 1.807) is 0 Å². The van der Waals surface area contributed by atoms with Gasteiger partial charge in [0.1, 0.15) is 0 Å². The Morgan fingerprint density at radius 3 is 2.10 bits per heavy atom. The van der Waals surface area contributed by atoms with E-state index in [0.717, 1.165) is 13.2 Å². The first-order chi connectivity index (χ1) is 4.70. The Morgan fingerprint density at radius 1 is 1.30 bits per heavy atom.